The van der Waals surface area contributed by atoms with Gasteiger partial charge in [0.15, 0.2) is 0 Å². The van der Waals surface area contributed by atoms with E-state index in [9.17, 15) is 0 Å². The Labute approximate surface area is 153 Å². The Kier molecular flexibility index (Phi) is 3.53. The molecule has 0 spiro atoms. The Morgan fingerprint density at radius 1 is 0.962 bits per heavy atom. The number of pyridine rings is 1. The van der Waals surface area contributed by atoms with Crippen molar-refractivity contribution in [1.82, 2.24) is 25.3 Å². The first-order chi connectivity index (χ1) is 12.8. The molecule has 0 saturated heterocycles. The first-order valence-corrected chi connectivity index (χ1v) is 8.49. The standard InChI is InChI=1S/C18H12ClN5O2/c19-12-3-1-2-11(8-12)15-21-17(26-24-15)13-9-14(13)18-23-22-16(25-18)10-4-6-20-7-5-10/h1-8,13-14H,9H2. The van der Waals surface area contributed by atoms with Crippen molar-refractivity contribution in [2.24, 2.45) is 0 Å². The SMILES string of the molecule is Clc1cccc(-c2noc(C3CC3c3nnc(-c4ccncc4)o3)n2)c1. The molecule has 3 aromatic heterocycles. The van der Waals surface area contributed by atoms with Gasteiger partial charge >= 0.3 is 0 Å². The molecule has 26 heavy (non-hydrogen) atoms. The summed E-state index contributed by atoms with van der Waals surface area (Å²) in [4.78, 5) is 8.47. The van der Waals surface area contributed by atoms with Gasteiger partial charge < -0.3 is 8.94 Å². The van der Waals surface area contributed by atoms with Crippen molar-refractivity contribution in [1.29, 1.82) is 0 Å². The van der Waals surface area contributed by atoms with Gasteiger partial charge in [-0.3, -0.25) is 4.98 Å². The minimum absolute atomic E-state index is 0.0983. The van der Waals surface area contributed by atoms with Crippen molar-refractivity contribution in [3.8, 4) is 22.8 Å². The summed E-state index contributed by atoms with van der Waals surface area (Å²) in [6, 6.07) is 11.0. The summed E-state index contributed by atoms with van der Waals surface area (Å²) in [5, 5.41) is 13.0. The molecule has 5 rings (SSSR count). The van der Waals surface area contributed by atoms with Crippen molar-refractivity contribution in [2.45, 2.75) is 18.3 Å². The Bertz CT molecular complexity index is 1060. The van der Waals surface area contributed by atoms with Crippen LogP contribution in [0.1, 0.15) is 30.0 Å². The highest BCUT2D eigenvalue weighted by Gasteiger charge is 2.47. The molecular formula is C18H12ClN5O2. The summed E-state index contributed by atoms with van der Waals surface area (Å²) < 4.78 is 11.2. The summed E-state index contributed by atoms with van der Waals surface area (Å²) in [6.45, 7) is 0. The van der Waals surface area contributed by atoms with Crippen LogP contribution in [0.15, 0.2) is 57.7 Å². The molecule has 7 nitrogen and oxygen atoms in total. The van der Waals surface area contributed by atoms with Crippen LogP contribution < -0.4 is 0 Å². The fourth-order valence-electron chi connectivity index (χ4n) is 2.87. The van der Waals surface area contributed by atoms with Crippen molar-refractivity contribution >= 4 is 11.6 Å². The van der Waals surface area contributed by atoms with Gasteiger partial charge in [-0.1, -0.05) is 28.9 Å². The van der Waals surface area contributed by atoms with E-state index in [1.54, 1.807) is 24.5 Å². The van der Waals surface area contributed by atoms with E-state index in [0.29, 0.717) is 28.5 Å². The van der Waals surface area contributed by atoms with Crippen LogP contribution >= 0.6 is 11.6 Å². The molecule has 128 valence electrons. The van der Waals surface area contributed by atoms with Gasteiger partial charge in [0.2, 0.25) is 23.5 Å². The van der Waals surface area contributed by atoms with Crippen LogP contribution in [0, 0.1) is 0 Å². The molecule has 0 bridgehead atoms. The molecule has 0 N–H and O–H groups in total. The molecule has 2 unspecified atom stereocenters. The molecule has 2 atom stereocenters. The molecule has 0 amide bonds. The second-order valence-electron chi connectivity index (χ2n) is 6.10. The lowest BCUT2D eigenvalue weighted by Gasteiger charge is -1.94. The van der Waals surface area contributed by atoms with Gasteiger partial charge in [-0.2, -0.15) is 4.98 Å². The maximum atomic E-state index is 6.01. The number of aromatic nitrogens is 5. The Hall–Kier alpha value is -3.06. The summed E-state index contributed by atoms with van der Waals surface area (Å²) in [7, 11) is 0. The predicted molar refractivity (Wildman–Crippen MR) is 92.4 cm³/mol. The van der Waals surface area contributed by atoms with Gasteiger partial charge in [0, 0.05) is 34.5 Å². The lowest BCUT2D eigenvalue weighted by Crippen LogP contribution is -1.86. The van der Waals surface area contributed by atoms with Crippen molar-refractivity contribution in [2.75, 3.05) is 0 Å². The molecule has 1 fully saturated rings. The lowest BCUT2D eigenvalue weighted by molar-refractivity contribution is 0.376. The largest absolute Gasteiger partial charge is 0.420 e. The average molecular weight is 366 g/mol. The zero-order chi connectivity index (χ0) is 17.5. The van der Waals surface area contributed by atoms with E-state index in [1.165, 1.54) is 0 Å². The van der Waals surface area contributed by atoms with Gasteiger partial charge in [0.1, 0.15) is 0 Å². The number of nitrogens with zero attached hydrogens (tertiary/aromatic N) is 5. The van der Waals surface area contributed by atoms with Crippen LogP contribution in [0.3, 0.4) is 0 Å². The van der Waals surface area contributed by atoms with E-state index in [-0.39, 0.29) is 11.8 Å². The number of hydrogen-bond acceptors (Lipinski definition) is 7. The van der Waals surface area contributed by atoms with E-state index in [2.05, 4.69) is 25.3 Å². The third-order valence-corrected chi connectivity index (χ3v) is 4.55. The Morgan fingerprint density at radius 3 is 2.65 bits per heavy atom. The molecule has 4 aromatic rings. The summed E-state index contributed by atoms with van der Waals surface area (Å²) in [5.41, 5.74) is 1.67. The molecular weight excluding hydrogens is 354 g/mol. The van der Waals surface area contributed by atoms with E-state index in [0.717, 1.165) is 17.5 Å². The lowest BCUT2D eigenvalue weighted by atomic mass is 10.2. The summed E-state index contributed by atoms with van der Waals surface area (Å²) in [5.74, 6) is 2.37. The molecule has 0 radical (unpaired) electrons. The minimum atomic E-state index is 0.0983. The number of rotatable bonds is 4. The smallest absolute Gasteiger partial charge is 0.247 e. The van der Waals surface area contributed by atoms with Crippen LogP contribution in [0.4, 0.5) is 0 Å². The van der Waals surface area contributed by atoms with Gasteiger partial charge in [-0.05, 0) is 30.7 Å². The molecule has 1 aliphatic carbocycles. The molecule has 3 heterocycles. The zero-order valence-corrected chi connectivity index (χ0v) is 14.2. The molecule has 0 aliphatic heterocycles. The third kappa shape index (κ3) is 2.76. The fraction of sp³-hybridized carbons (Fsp3) is 0.167. The van der Waals surface area contributed by atoms with Crippen LogP contribution in [0.2, 0.25) is 5.02 Å². The second kappa shape index (κ2) is 6.03. The Balaban J connectivity index is 1.34. The van der Waals surface area contributed by atoms with Crippen LogP contribution in [0.25, 0.3) is 22.8 Å². The molecule has 1 aromatic carbocycles. The van der Waals surface area contributed by atoms with Crippen LogP contribution in [-0.2, 0) is 0 Å². The predicted octanol–water partition coefficient (Wildman–Crippen LogP) is 4.11. The first kappa shape index (κ1) is 15.2. The number of hydrogen-bond donors (Lipinski definition) is 0. The first-order valence-electron chi connectivity index (χ1n) is 8.11. The molecule has 1 aliphatic rings. The normalized spacial score (nSPS) is 18.8. The van der Waals surface area contributed by atoms with E-state index >= 15 is 0 Å². The number of halogens is 1. The topological polar surface area (TPSA) is 90.7 Å². The highest BCUT2D eigenvalue weighted by molar-refractivity contribution is 6.30. The number of benzene rings is 1. The Morgan fingerprint density at radius 2 is 1.81 bits per heavy atom. The van der Waals surface area contributed by atoms with Gasteiger partial charge in [-0.15, -0.1) is 10.2 Å². The third-order valence-electron chi connectivity index (χ3n) is 4.32. The van der Waals surface area contributed by atoms with Crippen molar-refractivity contribution < 1.29 is 8.94 Å². The monoisotopic (exact) mass is 365 g/mol. The fourth-order valence-corrected chi connectivity index (χ4v) is 3.06. The maximum Gasteiger partial charge on any atom is 0.247 e. The van der Waals surface area contributed by atoms with Gasteiger partial charge in [0.05, 0.1) is 5.92 Å². The van der Waals surface area contributed by atoms with E-state index < -0.39 is 0 Å². The van der Waals surface area contributed by atoms with Crippen molar-refractivity contribution in [3.63, 3.8) is 0 Å². The highest BCUT2D eigenvalue weighted by atomic mass is 35.5. The minimum Gasteiger partial charge on any atom is -0.420 e. The summed E-state index contributed by atoms with van der Waals surface area (Å²) >= 11 is 6.01. The van der Waals surface area contributed by atoms with Crippen molar-refractivity contribution in [3.05, 3.63) is 65.6 Å². The van der Waals surface area contributed by atoms with Gasteiger partial charge in [0.25, 0.3) is 0 Å². The van der Waals surface area contributed by atoms with Crippen LogP contribution in [-0.4, -0.2) is 25.3 Å². The quantitative estimate of drug-likeness (QED) is 0.537. The average Bonchev–Trinajstić information content (AvgIpc) is 3.10. The molecule has 8 heteroatoms. The highest BCUT2D eigenvalue weighted by Crippen LogP contribution is 2.54. The molecule has 1 saturated carbocycles. The zero-order valence-electron chi connectivity index (χ0n) is 13.4. The van der Waals surface area contributed by atoms with E-state index in [4.69, 9.17) is 20.5 Å². The van der Waals surface area contributed by atoms with Crippen LogP contribution in [0.5, 0.6) is 0 Å². The second-order valence-corrected chi connectivity index (χ2v) is 6.53. The summed E-state index contributed by atoms with van der Waals surface area (Å²) in [6.07, 6.45) is 4.22. The van der Waals surface area contributed by atoms with E-state index in [1.807, 2.05) is 24.3 Å². The maximum absolute atomic E-state index is 6.01. The van der Waals surface area contributed by atoms with Gasteiger partial charge in [-0.25, -0.2) is 0 Å².